The smallest absolute Gasteiger partial charge is 0.264 e. The van der Waals surface area contributed by atoms with Crippen molar-refractivity contribution in [1.82, 2.24) is 15.9 Å². The first-order chi connectivity index (χ1) is 11.7. The van der Waals surface area contributed by atoms with Crippen molar-refractivity contribution in [2.24, 2.45) is 5.10 Å². The van der Waals surface area contributed by atoms with Gasteiger partial charge < -0.3 is 0 Å². The molecule has 1 amide bonds. The van der Waals surface area contributed by atoms with Gasteiger partial charge in [-0.2, -0.15) is 0 Å². The van der Waals surface area contributed by atoms with E-state index >= 15 is 0 Å². The fourth-order valence-corrected chi connectivity index (χ4v) is 4.84. The summed E-state index contributed by atoms with van der Waals surface area (Å²) in [4.78, 5) is 13.4. The Kier molecular flexibility index (Phi) is 4.49. The van der Waals surface area contributed by atoms with Gasteiger partial charge in [0.05, 0.1) is 6.04 Å². The molecule has 1 aromatic heterocycles. The fraction of sp³-hybridized carbons (Fsp3) is 0.250. The third-order valence-electron chi connectivity index (χ3n) is 4.04. The number of hydrogen-bond acceptors (Lipinski definition) is 6. The lowest BCUT2D eigenvalue weighted by Gasteiger charge is -2.29. The minimum atomic E-state index is -0.233. The van der Waals surface area contributed by atoms with Crippen LogP contribution in [0.25, 0.3) is 0 Å². The number of rotatable bonds is 3. The van der Waals surface area contributed by atoms with E-state index < -0.39 is 0 Å². The molecule has 8 heteroatoms. The van der Waals surface area contributed by atoms with E-state index in [1.165, 1.54) is 4.88 Å². The number of amidine groups is 1. The maximum atomic E-state index is 12.1. The van der Waals surface area contributed by atoms with Gasteiger partial charge in [0.2, 0.25) is 0 Å². The van der Waals surface area contributed by atoms with E-state index in [2.05, 4.69) is 27.4 Å². The van der Waals surface area contributed by atoms with Crippen LogP contribution in [0.1, 0.15) is 22.9 Å². The largest absolute Gasteiger partial charge is 0.272 e. The van der Waals surface area contributed by atoms with E-state index in [4.69, 9.17) is 11.6 Å². The molecule has 0 bridgehead atoms. The zero-order valence-electron chi connectivity index (χ0n) is 12.6. The van der Waals surface area contributed by atoms with Crippen LogP contribution in [0.3, 0.4) is 0 Å². The summed E-state index contributed by atoms with van der Waals surface area (Å²) in [5, 5.41) is 9.67. The van der Waals surface area contributed by atoms with Crippen molar-refractivity contribution in [3.8, 4) is 0 Å². The Morgan fingerprint density at radius 3 is 3.00 bits per heavy atom. The molecule has 2 aliphatic heterocycles. The molecule has 2 aliphatic rings. The summed E-state index contributed by atoms with van der Waals surface area (Å²) in [6.45, 7) is 0. The Bertz CT molecular complexity index is 780. The molecular weight excluding hydrogens is 364 g/mol. The van der Waals surface area contributed by atoms with E-state index in [9.17, 15) is 4.79 Å². The standard InChI is InChI=1S/C16H15ClN4OS2/c17-11-5-2-1-4-10(11)9-24-16-19-18-15(22)13-8-12(20-21(13)16)14-6-3-7-23-14/h1-7,12-13,20H,8-9H2,(H,18,22). The molecule has 2 N–H and O–H groups in total. The first-order valence-corrected chi connectivity index (χ1v) is 9.79. The molecule has 4 rings (SSSR count). The second kappa shape index (κ2) is 6.76. The number of hydrazine groups is 1. The number of fused-ring (bicyclic) bond motifs is 1. The van der Waals surface area contributed by atoms with Crippen LogP contribution in [-0.2, 0) is 10.5 Å². The van der Waals surface area contributed by atoms with Crippen LogP contribution in [0.4, 0.5) is 0 Å². The Hall–Kier alpha value is -1.54. The van der Waals surface area contributed by atoms with Gasteiger partial charge in [0.25, 0.3) is 5.91 Å². The average Bonchev–Trinajstić information content (AvgIpc) is 3.25. The topological polar surface area (TPSA) is 56.7 Å². The number of halogens is 1. The maximum Gasteiger partial charge on any atom is 0.264 e. The van der Waals surface area contributed by atoms with Gasteiger partial charge in [-0.15, -0.1) is 16.4 Å². The van der Waals surface area contributed by atoms with Gasteiger partial charge in [-0.1, -0.05) is 47.6 Å². The monoisotopic (exact) mass is 378 g/mol. The Labute approximate surface area is 153 Å². The maximum absolute atomic E-state index is 12.1. The van der Waals surface area contributed by atoms with Crippen molar-refractivity contribution >= 4 is 45.8 Å². The highest BCUT2D eigenvalue weighted by Gasteiger charge is 2.42. The second-order valence-electron chi connectivity index (χ2n) is 5.57. The molecule has 5 nitrogen and oxygen atoms in total. The highest BCUT2D eigenvalue weighted by Crippen LogP contribution is 2.34. The first-order valence-electron chi connectivity index (χ1n) is 7.55. The van der Waals surface area contributed by atoms with Gasteiger partial charge in [0.1, 0.15) is 6.04 Å². The number of carbonyl (C=O) groups excluding carboxylic acids is 1. The number of nitrogens with one attached hydrogen (secondary N) is 2. The molecule has 2 atom stereocenters. The zero-order valence-corrected chi connectivity index (χ0v) is 15.0. The van der Waals surface area contributed by atoms with Gasteiger partial charge in [0.15, 0.2) is 5.17 Å². The number of thioether (sulfide) groups is 1. The highest BCUT2D eigenvalue weighted by molar-refractivity contribution is 8.13. The normalized spacial score (nSPS) is 23.0. The summed E-state index contributed by atoms with van der Waals surface area (Å²) in [5.74, 6) is 0.631. The van der Waals surface area contributed by atoms with E-state index in [-0.39, 0.29) is 18.0 Å². The lowest BCUT2D eigenvalue weighted by Crippen LogP contribution is -2.52. The van der Waals surface area contributed by atoms with Crippen LogP contribution >= 0.6 is 34.7 Å². The van der Waals surface area contributed by atoms with E-state index in [0.29, 0.717) is 5.75 Å². The van der Waals surface area contributed by atoms with Crippen molar-refractivity contribution in [3.05, 3.63) is 57.2 Å². The van der Waals surface area contributed by atoms with Crippen molar-refractivity contribution in [2.45, 2.75) is 24.3 Å². The van der Waals surface area contributed by atoms with Gasteiger partial charge >= 0.3 is 0 Å². The first kappa shape index (κ1) is 16.0. The quantitative estimate of drug-likeness (QED) is 0.859. The molecule has 0 saturated carbocycles. The van der Waals surface area contributed by atoms with Crippen LogP contribution in [-0.4, -0.2) is 22.1 Å². The van der Waals surface area contributed by atoms with Gasteiger partial charge in [0, 0.05) is 22.1 Å². The third kappa shape index (κ3) is 3.04. The van der Waals surface area contributed by atoms with Gasteiger partial charge in [-0.25, -0.2) is 10.9 Å². The number of carbonyl (C=O) groups is 1. The second-order valence-corrected chi connectivity index (χ2v) is 7.90. The number of amides is 1. The molecule has 2 unspecified atom stereocenters. The van der Waals surface area contributed by atoms with Crippen LogP contribution in [0.15, 0.2) is 46.9 Å². The molecule has 3 heterocycles. The van der Waals surface area contributed by atoms with Crippen LogP contribution in [0, 0.1) is 0 Å². The number of thiophene rings is 1. The highest BCUT2D eigenvalue weighted by atomic mass is 35.5. The Morgan fingerprint density at radius 2 is 2.21 bits per heavy atom. The van der Waals surface area contributed by atoms with Crippen molar-refractivity contribution in [1.29, 1.82) is 0 Å². The molecule has 1 saturated heterocycles. The SMILES string of the molecule is O=C1NN=C(SCc2ccccc2Cl)N2NC(c3cccs3)CC12. The molecule has 0 aliphatic carbocycles. The van der Waals surface area contributed by atoms with Crippen LogP contribution in [0.2, 0.25) is 5.02 Å². The Balaban J connectivity index is 1.49. The molecule has 2 aromatic rings. The predicted octanol–water partition coefficient (Wildman–Crippen LogP) is 3.36. The van der Waals surface area contributed by atoms with Gasteiger partial charge in [-0.3, -0.25) is 9.80 Å². The summed E-state index contributed by atoms with van der Waals surface area (Å²) in [5.41, 5.74) is 7.11. The lowest BCUT2D eigenvalue weighted by molar-refractivity contribution is -0.125. The number of hydrazone groups is 1. The summed E-state index contributed by atoms with van der Waals surface area (Å²) in [6.07, 6.45) is 0.734. The lowest BCUT2D eigenvalue weighted by atomic mass is 10.1. The van der Waals surface area contributed by atoms with Crippen molar-refractivity contribution in [3.63, 3.8) is 0 Å². The molecular formula is C16H15ClN4OS2. The van der Waals surface area contributed by atoms with Crippen molar-refractivity contribution in [2.75, 3.05) is 0 Å². The van der Waals surface area contributed by atoms with E-state index in [1.54, 1.807) is 23.1 Å². The fourth-order valence-electron chi connectivity index (χ4n) is 2.81. The number of hydrogen-bond donors (Lipinski definition) is 2. The number of nitrogens with zero attached hydrogens (tertiary/aromatic N) is 2. The summed E-state index contributed by atoms with van der Waals surface area (Å²) in [6, 6.07) is 11.8. The van der Waals surface area contributed by atoms with E-state index in [1.807, 2.05) is 35.3 Å². The molecule has 1 aromatic carbocycles. The number of benzene rings is 1. The van der Waals surface area contributed by atoms with Crippen LogP contribution in [0.5, 0.6) is 0 Å². The van der Waals surface area contributed by atoms with E-state index in [0.717, 1.165) is 22.2 Å². The summed E-state index contributed by atoms with van der Waals surface area (Å²) < 4.78 is 0. The zero-order chi connectivity index (χ0) is 16.5. The average molecular weight is 379 g/mol. The van der Waals surface area contributed by atoms with Crippen molar-refractivity contribution < 1.29 is 4.79 Å². The molecule has 1 fully saturated rings. The third-order valence-corrected chi connectivity index (χ3v) is 6.39. The van der Waals surface area contributed by atoms with Gasteiger partial charge in [-0.05, 0) is 23.1 Å². The summed E-state index contributed by atoms with van der Waals surface area (Å²) in [7, 11) is 0. The molecule has 24 heavy (non-hydrogen) atoms. The molecule has 0 spiro atoms. The molecule has 0 radical (unpaired) electrons. The molecule has 124 valence electrons. The Morgan fingerprint density at radius 1 is 1.33 bits per heavy atom. The van der Waals surface area contributed by atoms with Crippen LogP contribution < -0.4 is 10.9 Å². The minimum absolute atomic E-state index is 0.0661. The summed E-state index contributed by atoms with van der Waals surface area (Å²) >= 11 is 9.47. The predicted molar refractivity (Wildman–Crippen MR) is 98.8 cm³/mol. The minimum Gasteiger partial charge on any atom is -0.272 e.